The maximum atomic E-state index is 11.6. The van der Waals surface area contributed by atoms with Gasteiger partial charge in [-0.15, -0.1) is 0 Å². The molecule has 1 aromatic carbocycles. The zero-order valence-electron chi connectivity index (χ0n) is 9.64. The zero-order chi connectivity index (χ0) is 12.8. The zero-order valence-corrected chi connectivity index (χ0v) is 12.8. The van der Waals surface area contributed by atoms with Crippen LogP contribution in [-0.2, 0) is 4.79 Å². The lowest BCUT2D eigenvalue weighted by Gasteiger charge is -2.10. The molecule has 0 radical (unpaired) electrons. The van der Waals surface area contributed by atoms with Crippen LogP contribution < -0.4 is 15.4 Å². The van der Waals surface area contributed by atoms with Crippen molar-refractivity contribution in [2.24, 2.45) is 0 Å². The summed E-state index contributed by atoms with van der Waals surface area (Å²) < 4.78 is 6.81. The Bertz CT molecular complexity index is 411. The van der Waals surface area contributed by atoms with E-state index in [1.54, 1.807) is 13.2 Å². The second-order valence-corrected chi connectivity index (χ2v) is 5.08. The Balaban J connectivity index is 2.80. The first-order valence-electron chi connectivity index (χ1n) is 5.06. The van der Waals surface area contributed by atoms with Crippen LogP contribution in [0, 0.1) is 0 Å². The molecule has 0 saturated carbocycles. The molecule has 0 saturated heterocycles. The van der Waals surface area contributed by atoms with E-state index < -0.39 is 0 Å². The van der Waals surface area contributed by atoms with E-state index in [1.807, 2.05) is 13.1 Å². The van der Waals surface area contributed by atoms with Crippen molar-refractivity contribution >= 4 is 43.5 Å². The van der Waals surface area contributed by atoms with Gasteiger partial charge < -0.3 is 15.4 Å². The molecule has 0 aliphatic heterocycles. The van der Waals surface area contributed by atoms with Crippen LogP contribution in [0.2, 0.25) is 0 Å². The van der Waals surface area contributed by atoms with E-state index in [1.165, 1.54) is 0 Å². The highest BCUT2D eigenvalue weighted by molar-refractivity contribution is 9.11. The molecule has 0 aromatic heterocycles. The second-order valence-electron chi connectivity index (χ2n) is 3.37. The summed E-state index contributed by atoms with van der Waals surface area (Å²) in [7, 11) is 3.40. The van der Waals surface area contributed by atoms with Gasteiger partial charge in [-0.2, -0.15) is 0 Å². The smallest absolute Gasteiger partial charge is 0.225 e. The van der Waals surface area contributed by atoms with Crippen LogP contribution in [0.25, 0.3) is 0 Å². The summed E-state index contributed by atoms with van der Waals surface area (Å²) in [4.78, 5) is 11.6. The summed E-state index contributed by atoms with van der Waals surface area (Å²) in [5, 5.41) is 5.75. The van der Waals surface area contributed by atoms with Gasteiger partial charge >= 0.3 is 0 Å². The van der Waals surface area contributed by atoms with Gasteiger partial charge in [0.25, 0.3) is 0 Å². The molecule has 1 aromatic rings. The van der Waals surface area contributed by atoms with Gasteiger partial charge in [-0.3, -0.25) is 4.79 Å². The van der Waals surface area contributed by atoms with Crippen LogP contribution >= 0.6 is 31.9 Å². The molecule has 0 fully saturated rings. The van der Waals surface area contributed by atoms with Gasteiger partial charge in [-0.05, 0) is 45.0 Å². The molecule has 17 heavy (non-hydrogen) atoms. The number of hydrogen-bond acceptors (Lipinski definition) is 3. The number of anilines is 1. The van der Waals surface area contributed by atoms with E-state index >= 15 is 0 Å². The van der Waals surface area contributed by atoms with E-state index in [-0.39, 0.29) is 5.91 Å². The minimum atomic E-state index is -0.0376. The summed E-state index contributed by atoms with van der Waals surface area (Å²) in [5.41, 5.74) is 0.700. The van der Waals surface area contributed by atoms with Gasteiger partial charge in [0, 0.05) is 23.5 Å². The maximum Gasteiger partial charge on any atom is 0.225 e. The highest BCUT2D eigenvalue weighted by Crippen LogP contribution is 2.34. The fourth-order valence-corrected chi connectivity index (χ4v) is 2.49. The quantitative estimate of drug-likeness (QED) is 0.843. The summed E-state index contributed by atoms with van der Waals surface area (Å²) >= 11 is 6.76. The highest BCUT2D eigenvalue weighted by Gasteiger charge is 2.09. The molecule has 0 spiro atoms. The SMILES string of the molecule is CNCCC(=O)Nc1cc(OC)c(Br)cc1Br. The van der Waals surface area contributed by atoms with Crippen LogP contribution in [-0.4, -0.2) is 26.6 Å². The van der Waals surface area contributed by atoms with Crippen molar-refractivity contribution < 1.29 is 9.53 Å². The Hall–Kier alpha value is -0.590. The molecule has 0 bridgehead atoms. The monoisotopic (exact) mass is 364 g/mol. The normalized spacial score (nSPS) is 10.1. The Morgan fingerprint density at radius 3 is 2.65 bits per heavy atom. The number of halogens is 2. The average molecular weight is 366 g/mol. The van der Waals surface area contributed by atoms with Crippen molar-refractivity contribution in [1.29, 1.82) is 0 Å². The number of methoxy groups -OCH3 is 1. The number of hydrogen-bond donors (Lipinski definition) is 2. The number of ether oxygens (including phenoxy) is 1. The molecule has 0 aliphatic rings. The number of benzene rings is 1. The van der Waals surface area contributed by atoms with Gasteiger partial charge in [0.15, 0.2) is 0 Å². The summed E-state index contributed by atoms with van der Waals surface area (Å²) in [6.07, 6.45) is 0.432. The Kier molecular flexibility index (Phi) is 5.94. The molecule has 0 heterocycles. The van der Waals surface area contributed by atoms with Gasteiger partial charge in [0.05, 0.1) is 17.3 Å². The first kappa shape index (κ1) is 14.5. The van der Waals surface area contributed by atoms with E-state index in [9.17, 15) is 4.79 Å². The Labute approximate surface area is 117 Å². The third-order valence-corrected chi connectivity index (χ3v) is 3.39. The number of rotatable bonds is 5. The molecule has 6 heteroatoms. The van der Waals surface area contributed by atoms with Crippen LogP contribution in [0.4, 0.5) is 5.69 Å². The summed E-state index contributed by atoms with van der Waals surface area (Å²) in [5.74, 6) is 0.640. The van der Waals surface area contributed by atoms with Gasteiger partial charge in [0.2, 0.25) is 5.91 Å². The Morgan fingerprint density at radius 1 is 1.35 bits per heavy atom. The predicted molar refractivity (Wildman–Crippen MR) is 75.6 cm³/mol. The maximum absolute atomic E-state index is 11.6. The molecule has 0 aliphatic carbocycles. The minimum Gasteiger partial charge on any atom is -0.495 e. The van der Waals surface area contributed by atoms with Crippen LogP contribution in [0.1, 0.15) is 6.42 Å². The van der Waals surface area contributed by atoms with Crippen LogP contribution in [0.3, 0.4) is 0 Å². The van der Waals surface area contributed by atoms with E-state index in [0.29, 0.717) is 24.4 Å². The number of carbonyl (C=O) groups is 1. The fraction of sp³-hybridized carbons (Fsp3) is 0.364. The Morgan fingerprint density at radius 2 is 2.06 bits per heavy atom. The minimum absolute atomic E-state index is 0.0376. The van der Waals surface area contributed by atoms with Crippen molar-refractivity contribution in [3.8, 4) is 5.75 Å². The van der Waals surface area contributed by atoms with Crippen molar-refractivity contribution in [2.75, 3.05) is 26.0 Å². The molecule has 0 atom stereocenters. The van der Waals surface area contributed by atoms with Crippen molar-refractivity contribution in [3.63, 3.8) is 0 Å². The summed E-state index contributed by atoms with van der Waals surface area (Å²) in [6.45, 7) is 0.650. The highest BCUT2D eigenvalue weighted by atomic mass is 79.9. The summed E-state index contributed by atoms with van der Waals surface area (Å²) in [6, 6.07) is 3.61. The molecule has 1 amide bonds. The first-order valence-corrected chi connectivity index (χ1v) is 6.64. The lowest BCUT2D eigenvalue weighted by molar-refractivity contribution is -0.116. The van der Waals surface area contributed by atoms with E-state index in [0.717, 1.165) is 8.95 Å². The molecule has 2 N–H and O–H groups in total. The third kappa shape index (κ3) is 4.29. The first-order chi connectivity index (χ1) is 8.08. The lowest BCUT2D eigenvalue weighted by Crippen LogP contribution is -2.18. The number of amides is 1. The standard InChI is InChI=1S/C11H14Br2N2O2/c1-14-4-3-11(16)15-9-6-10(17-2)8(13)5-7(9)12/h5-6,14H,3-4H2,1-2H3,(H,15,16). The van der Waals surface area contributed by atoms with Crippen molar-refractivity contribution in [2.45, 2.75) is 6.42 Å². The van der Waals surface area contributed by atoms with E-state index in [4.69, 9.17) is 4.74 Å². The predicted octanol–water partition coefficient (Wildman–Crippen LogP) is 2.77. The molecule has 94 valence electrons. The van der Waals surface area contributed by atoms with Crippen molar-refractivity contribution in [1.82, 2.24) is 5.32 Å². The topological polar surface area (TPSA) is 50.4 Å². The van der Waals surface area contributed by atoms with Crippen molar-refractivity contribution in [3.05, 3.63) is 21.1 Å². The van der Waals surface area contributed by atoms with E-state index in [2.05, 4.69) is 42.5 Å². The number of carbonyl (C=O) groups excluding carboxylic acids is 1. The van der Waals surface area contributed by atoms with Crippen LogP contribution in [0.5, 0.6) is 5.75 Å². The molecule has 4 nitrogen and oxygen atoms in total. The average Bonchev–Trinajstić information content (AvgIpc) is 2.30. The molecular weight excluding hydrogens is 352 g/mol. The molecule has 1 rings (SSSR count). The fourth-order valence-electron chi connectivity index (χ4n) is 1.23. The third-order valence-electron chi connectivity index (χ3n) is 2.12. The van der Waals surface area contributed by atoms with Crippen LogP contribution in [0.15, 0.2) is 21.1 Å². The van der Waals surface area contributed by atoms with Gasteiger partial charge in [-0.25, -0.2) is 0 Å². The van der Waals surface area contributed by atoms with Gasteiger partial charge in [-0.1, -0.05) is 0 Å². The number of nitrogens with one attached hydrogen (secondary N) is 2. The molecular formula is C11H14Br2N2O2. The molecule has 0 unspecified atom stereocenters. The second kappa shape index (κ2) is 6.98. The van der Waals surface area contributed by atoms with Gasteiger partial charge in [0.1, 0.15) is 5.75 Å². The lowest BCUT2D eigenvalue weighted by atomic mass is 10.3. The largest absolute Gasteiger partial charge is 0.495 e.